The summed E-state index contributed by atoms with van der Waals surface area (Å²) in [5, 5.41) is 29.0. The minimum absolute atomic E-state index is 0.293. The van der Waals surface area contributed by atoms with Crippen molar-refractivity contribution in [3.8, 4) is 17.2 Å². The maximum absolute atomic E-state index is 15.1. The highest BCUT2D eigenvalue weighted by Gasteiger charge is 2.72. The number of phenols is 3. The fourth-order valence-corrected chi connectivity index (χ4v) is 5.11. The van der Waals surface area contributed by atoms with Crippen LogP contribution < -0.4 is 0 Å². The van der Waals surface area contributed by atoms with E-state index in [1.165, 1.54) is 0 Å². The Balaban J connectivity index is 2.07. The van der Waals surface area contributed by atoms with Crippen LogP contribution in [0.2, 0.25) is 0 Å². The van der Waals surface area contributed by atoms with Crippen LogP contribution in [0.15, 0.2) is 97.1 Å². The number of halogens is 9. The summed E-state index contributed by atoms with van der Waals surface area (Å²) < 4.78 is 132. The van der Waals surface area contributed by atoms with E-state index in [1.807, 2.05) is 0 Å². The lowest BCUT2D eigenvalue weighted by atomic mass is 9.67. The first-order valence-electron chi connectivity index (χ1n) is 11.7. The van der Waals surface area contributed by atoms with Crippen molar-refractivity contribution in [3.05, 3.63) is 125 Å². The molecule has 0 spiro atoms. The van der Waals surface area contributed by atoms with Crippen LogP contribution in [0.4, 0.5) is 39.5 Å². The van der Waals surface area contributed by atoms with E-state index in [1.54, 1.807) is 0 Å². The summed E-state index contributed by atoms with van der Waals surface area (Å²) in [5.74, 6) is -1.66. The number of aromatic hydroxyl groups is 3. The molecule has 0 aliphatic heterocycles. The quantitative estimate of drug-likeness (QED) is 0.164. The summed E-state index contributed by atoms with van der Waals surface area (Å²) in [6.45, 7) is 0. The zero-order chi connectivity index (χ0) is 30.4. The molecular formula is C29H19F9O3. The first kappa shape index (κ1) is 29.6. The number of hydrogen-bond donors (Lipinski definition) is 3. The summed E-state index contributed by atoms with van der Waals surface area (Å²) in [6.07, 6.45) is -17.3. The van der Waals surface area contributed by atoms with Crippen molar-refractivity contribution in [2.75, 3.05) is 0 Å². The summed E-state index contributed by atoms with van der Waals surface area (Å²) in [4.78, 5) is 0. The molecular weight excluding hydrogens is 567 g/mol. The van der Waals surface area contributed by atoms with Gasteiger partial charge in [-0.15, -0.1) is 0 Å². The number of rotatable bonds is 5. The van der Waals surface area contributed by atoms with E-state index in [-0.39, 0.29) is 0 Å². The minimum Gasteiger partial charge on any atom is -0.508 e. The average Bonchev–Trinajstić information content (AvgIpc) is 2.85. The van der Waals surface area contributed by atoms with Gasteiger partial charge in [0, 0.05) is 0 Å². The normalized spacial score (nSPS) is 13.3. The Labute approximate surface area is 226 Å². The number of benzene rings is 4. The van der Waals surface area contributed by atoms with Crippen LogP contribution in [0.3, 0.4) is 0 Å². The van der Waals surface area contributed by atoms with Gasteiger partial charge in [0.1, 0.15) is 22.7 Å². The molecule has 0 radical (unpaired) electrons. The summed E-state index contributed by atoms with van der Waals surface area (Å²) in [5.41, 5.74) is -12.4. The Morgan fingerprint density at radius 1 is 0.366 bits per heavy atom. The zero-order valence-electron chi connectivity index (χ0n) is 20.5. The Morgan fingerprint density at radius 3 is 1.07 bits per heavy atom. The molecule has 0 aliphatic rings. The lowest BCUT2D eigenvalue weighted by Gasteiger charge is -2.40. The molecule has 4 aromatic carbocycles. The lowest BCUT2D eigenvalue weighted by Crippen LogP contribution is -2.54. The highest BCUT2D eigenvalue weighted by atomic mass is 19.4. The Bertz CT molecular complexity index is 1440. The van der Waals surface area contributed by atoms with Crippen molar-refractivity contribution >= 4 is 0 Å². The van der Waals surface area contributed by atoms with Gasteiger partial charge in [-0.1, -0.05) is 60.7 Å². The molecule has 41 heavy (non-hydrogen) atoms. The Hall–Kier alpha value is -4.35. The van der Waals surface area contributed by atoms with E-state index in [0.29, 0.717) is 36.4 Å². The standard InChI is InChI=1S/C29H19F9O3/c30-27(31,32)25(18-8-12-22(39)13-9-18,19-10-14-23(40)15-11-19)17-4-6-20(7-5-17)26(28(33,34)35,29(36,37)38)21-2-1-3-24(41)16-21/h1-16,39-41H. The van der Waals surface area contributed by atoms with Crippen molar-refractivity contribution in [1.82, 2.24) is 0 Å². The van der Waals surface area contributed by atoms with Crippen LogP contribution in [0.5, 0.6) is 17.2 Å². The van der Waals surface area contributed by atoms with Gasteiger partial charge < -0.3 is 15.3 Å². The van der Waals surface area contributed by atoms with Crippen molar-refractivity contribution in [2.24, 2.45) is 0 Å². The molecule has 0 amide bonds. The molecule has 0 saturated heterocycles. The van der Waals surface area contributed by atoms with Crippen LogP contribution in [0.1, 0.15) is 27.8 Å². The zero-order valence-corrected chi connectivity index (χ0v) is 20.5. The van der Waals surface area contributed by atoms with Gasteiger partial charge in [0.05, 0.1) is 0 Å². The maximum atomic E-state index is 15.1. The molecule has 4 aromatic rings. The Kier molecular flexibility index (Phi) is 7.18. The molecule has 0 aromatic heterocycles. The molecule has 3 N–H and O–H groups in total. The van der Waals surface area contributed by atoms with Crippen molar-refractivity contribution < 1.29 is 54.8 Å². The molecule has 0 bridgehead atoms. The Morgan fingerprint density at radius 2 is 0.732 bits per heavy atom. The summed E-state index contributed by atoms with van der Waals surface area (Å²) >= 11 is 0. The monoisotopic (exact) mass is 586 g/mol. The van der Waals surface area contributed by atoms with Crippen LogP contribution in [-0.4, -0.2) is 33.8 Å². The summed E-state index contributed by atoms with van der Waals surface area (Å²) in [6, 6.07) is 11.6. The molecule has 4 rings (SSSR count). The molecule has 0 heterocycles. The lowest BCUT2D eigenvalue weighted by molar-refractivity contribution is -0.288. The topological polar surface area (TPSA) is 60.7 Å². The third-order valence-corrected chi connectivity index (χ3v) is 6.91. The molecule has 0 saturated carbocycles. The fraction of sp³-hybridized carbons (Fsp3) is 0.172. The fourth-order valence-electron chi connectivity index (χ4n) is 5.11. The van der Waals surface area contributed by atoms with Crippen LogP contribution in [-0.2, 0) is 10.8 Å². The summed E-state index contributed by atoms with van der Waals surface area (Å²) in [7, 11) is 0. The molecule has 0 atom stereocenters. The first-order valence-corrected chi connectivity index (χ1v) is 11.7. The van der Waals surface area contributed by atoms with E-state index in [9.17, 15) is 41.7 Å². The van der Waals surface area contributed by atoms with Gasteiger partial charge in [-0.05, 0) is 64.2 Å². The maximum Gasteiger partial charge on any atom is 0.411 e. The predicted octanol–water partition coefficient (Wildman–Crippen LogP) is 8.11. The van der Waals surface area contributed by atoms with E-state index in [2.05, 4.69) is 0 Å². The van der Waals surface area contributed by atoms with E-state index in [4.69, 9.17) is 0 Å². The van der Waals surface area contributed by atoms with Crippen molar-refractivity contribution in [3.63, 3.8) is 0 Å². The van der Waals surface area contributed by atoms with E-state index in [0.717, 1.165) is 60.7 Å². The van der Waals surface area contributed by atoms with E-state index < -0.39 is 74.4 Å². The van der Waals surface area contributed by atoms with Crippen LogP contribution in [0.25, 0.3) is 0 Å². The van der Waals surface area contributed by atoms with Gasteiger partial charge in [0.2, 0.25) is 5.41 Å². The predicted molar refractivity (Wildman–Crippen MR) is 130 cm³/mol. The van der Waals surface area contributed by atoms with Crippen LogP contribution in [0, 0.1) is 0 Å². The number of hydrogen-bond acceptors (Lipinski definition) is 3. The van der Waals surface area contributed by atoms with Gasteiger partial charge in [-0.2, -0.15) is 39.5 Å². The highest BCUT2D eigenvalue weighted by Crippen LogP contribution is 2.57. The second-order valence-electron chi connectivity index (χ2n) is 9.21. The van der Waals surface area contributed by atoms with Gasteiger partial charge in [-0.3, -0.25) is 0 Å². The van der Waals surface area contributed by atoms with Gasteiger partial charge in [0.25, 0.3) is 0 Å². The van der Waals surface area contributed by atoms with Gasteiger partial charge >= 0.3 is 18.5 Å². The largest absolute Gasteiger partial charge is 0.508 e. The molecule has 0 unspecified atom stereocenters. The minimum atomic E-state index is -6.03. The second-order valence-corrected chi connectivity index (χ2v) is 9.21. The van der Waals surface area contributed by atoms with Crippen molar-refractivity contribution in [2.45, 2.75) is 29.4 Å². The molecule has 12 heteroatoms. The highest BCUT2D eigenvalue weighted by molar-refractivity contribution is 5.56. The second kappa shape index (κ2) is 9.93. The molecule has 216 valence electrons. The third kappa shape index (κ3) is 4.70. The van der Waals surface area contributed by atoms with Crippen LogP contribution >= 0.6 is 0 Å². The SMILES string of the molecule is Oc1ccc(C(c2ccc(O)cc2)(c2ccc(C(c3cccc(O)c3)(C(F)(F)F)C(F)(F)F)cc2)C(F)(F)F)cc1. The number of alkyl halides is 9. The van der Waals surface area contributed by atoms with Crippen molar-refractivity contribution in [1.29, 1.82) is 0 Å². The van der Waals surface area contributed by atoms with E-state index >= 15 is 13.2 Å². The smallest absolute Gasteiger partial charge is 0.411 e. The average molecular weight is 586 g/mol. The molecule has 0 aliphatic carbocycles. The van der Waals surface area contributed by atoms with Gasteiger partial charge in [-0.25, -0.2) is 0 Å². The first-order chi connectivity index (χ1) is 19.0. The molecule has 3 nitrogen and oxygen atoms in total. The third-order valence-electron chi connectivity index (χ3n) is 6.91. The molecule has 0 fully saturated rings. The van der Waals surface area contributed by atoms with Gasteiger partial charge in [0.15, 0.2) is 0 Å². The number of phenolic OH excluding ortho intramolecular Hbond substituents is 3.